The Bertz CT molecular complexity index is 803. The van der Waals surface area contributed by atoms with E-state index in [1.54, 1.807) is 30.3 Å². The van der Waals surface area contributed by atoms with E-state index in [1.807, 2.05) is 6.92 Å². The molecule has 132 valence electrons. The highest BCUT2D eigenvalue weighted by molar-refractivity contribution is 6.35. The Hall–Kier alpha value is -1.88. The van der Waals surface area contributed by atoms with Crippen LogP contribution in [0.4, 0.5) is 0 Å². The van der Waals surface area contributed by atoms with E-state index in [1.165, 1.54) is 6.08 Å². The van der Waals surface area contributed by atoms with Crippen molar-refractivity contribution in [3.63, 3.8) is 0 Å². The van der Waals surface area contributed by atoms with E-state index < -0.39 is 5.97 Å². The van der Waals surface area contributed by atoms with Gasteiger partial charge in [0.25, 0.3) is 0 Å². The lowest BCUT2D eigenvalue weighted by Gasteiger charge is -2.15. The van der Waals surface area contributed by atoms with Crippen molar-refractivity contribution in [2.24, 2.45) is 0 Å². The topological polar surface area (TPSA) is 55.8 Å². The number of hydrogen-bond acceptors (Lipinski definition) is 3. The maximum Gasteiger partial charge on any atom is 0.328 e. The van der Waals surface area contributed by atoms with Crippen LogP contribution in [-0.4, -0.2) is 17.7 Å². The summed E-state index contributed by atoms with van der Waals surface area (Å²) < 4.78 is 11.3. The molecule has 2 rings (SSSR count). The maximum absolute atomic E-state index is 10.7. The van der Waals surface area contributed by atoms with Gasteiger partial charge in [0, 0.05) is 21.7 Å². The molecular formula is C18H15Cl3O4. The monoisotopic (exact) mass is 400 g/mol. The minimum atomic E-state index is -1.05. The Labute approximate surface area is 160 Å². The molecule has 0 bridgehead atoms. The summed E-state index contributed by atoms with van der Waals surface area (Å²) in [4.78, 5) is 10.7. The second-order valence-corrected chi connectivity index (χ2v) is 6.21. The van der Waals surface area contributed by atoms with Gasteiger partial charge in [0.1, 0.15) is 6.61 Å². The van der Waals surface area contributed by atoms with Crippen molar-refractivity contribution in [1.82, 2.24) is 0 Å². The van der Waals surface area contributed by atoms with E-state index in [0.29, 0.717) is 38.7 Å². The van der Waals surface area contributed by atoms with Crippen LogP contribution < -0.4 is 9.47 Å². The number of carboxylic acid groups (broad SMARTS) is 1. The van der Waals surface area contributed by atoms with E-state index in [9.17, 15) is 4.79 Å². The molecule has 0 aliphatic heterocycles. The average molecular weight is 402 g/mol. The van der Waals surface area contributed by atoms with Gasteiger partial charge in [0.2, 0.25) is 0 Å². The molecule has 0 atom stereocenters. The van der Waals surface area contributed by atoms with E-state index in [4.69, 9.17) is 49.4 Å². The third-order valence-electron chi connectivity index (χ3n) is 3.14. The number of ether oxygens (including phenoxy) is 2. The highest BCUT2D eigenvalue weighted by atomic mass is 35.5. The molecule has 0 aliphatic rings. The number of benzene rings is 2. The molecule has 0 saturated carbocycles. The first-order valence-electron chi connectivity index (χ1n) is 7.34. The lowest BCUT2D eigenvalue weighted by atomic mass is 10.2. The van der Waals surface area contributed by atoms with Crippen LogP contribution in [-0.2, 0) is 11.4 Å². The smallest absolute Gasteiger partial charge is 0.328 e. The van der Waals surface area contributed by atoms with Crippen molar-refractivity contribution in [1.29, 1.82) is 0 Å². The standard InChI is InChI=1S/C18H15Cl3O4/c1-2-24-16-8-11(3-6-17(22)23)7-15(21)18(16)25-10-12-4-5-13(19)9-14(12)20/h3-9H,2,10H2,1H3,(H,22,23). The van der Waals surface area contributed by atoms with Crippen LogP contribution in [0.2, 0.25) is 15.1 Å². The molecule has 0 saturated heterocycles. The van der Waals surface area contributed by atoms with Gasteiger partial charge in [-0.3, -0.25) is 0 Å². The Morgan fingerprint density at radius 3 is 2.52 bits per heavy atom. The summed E-state index contributed by atoms with van der Waals surface area (Å²) in [6, 6.07) is 8.38. The first-order valence-corrected chi connectivity index (χ1v) is 8.48. The zero-order valence-electron chi connectivity index (χ0n) is 13.3. The van der Waals surface area contributed by atoms with E-state index in [2.05, 4.69) is 0 Å². The number of rotatable bonds is 7. The van der Waals surface area contributed by atoms with Gasteiger partial charge in [0.05, 0.1) is 11.6 Å². The van der Waals surface area contributed by atoms with Crippen molar-refractivity contribution in [2.75, 3.05) is 6.61 Å². The van der Waals surface area contributed by atoms with Gasteiger partial charge < -0.3 is 14.6 Å². The molecule has 4 nitrogen and oxygen atoms in total. The highest BCUT2D eigenvalue weighted by Gasteiger charge is 2.13. The molecule has 2 aromatic rings. The third-order valence-corrected chi connectivity index (χ3v) is 4.00. The van der Waals surface area contributed by atoms with Gasteiger partial charge in [0.15, 0.2) is 11.5 Å². The van der Waals surface area contributed by atoms with Gasteiger partial charge in [-0.15, -0.1) is 0 Å². The molecule has 2 aromatic carbocycles. The van der Waals surface area contributed by atoms with E-state index in [-0.39, 0.29) is 6.61 Å². The van der Waals surface area contributed by atoms with Crippen molar-refractivity contribution >= 4 is 46.8 Å². The first-order chi connectivity index (χ1) is 11.9. The average Bonchev–Trinajstić information content (AvgIpc) is 2.54. The van der Waals surface area contributed by atoms with Crippen molar-refractivity contribution in [3.8, 4) is 11.5 Å². The lowest BCUT2D eigenvalue weighted by molar-refractivity contribution is -0.131. The molecule has 0 heterocycles. The van der Waals surface area contributed by atoms with Crippen LogP contribution >= 0.6 is 34.8 Å². The normalized spacial score (nSPS) is 10.9. The van der Waals surface area contributed by atoms with Gasteiger partial charge in [-0.05, 0) is 42.8 Å². The third kappa shape index (κ3) is 5.56. The Morgan fingerprint density at radius 2 is 1.88 bits per heavy atom. The number of aliphatic carboxylic acids is 1. The Morgan fingerprint density at radius 1 is 1.12 bits per heavy atom. The molecular weight excluding hydrogens is 387 g/mol. The van der Waals surface area contributed by atoms with Crippen LogP contribution in [0.3, 0.4) is 0 Å². The molecule has 0 fully saturated rings. The highest BCUT2D eigenvalue weighted by Crippen LogP contribution is 2.38. The van der Waals surface area contributed by atoms with E-state index in [0.717, 1.165) is 11.6 Å². The molecule has 0 aromatic heterocycles. The maximum atomic E-state index is 10.7. The molecule has 0 radical (unpaired) electrons. The minimum Gasteiger partial charge on any atom is -0.490 e. The quantitative estimate of drug-likeness (QED) is 0.603. The molecule has 0 spiro atoms. The second-order valence-electron chi connectivity index (χ2n) is 4.96. The number of hydrogen-bond donors (Lipinski definition) is 1. The second kappa shape index (κ2) is 8.99. The lowest BCUT2D eigenvalue weighted by Crippen LogP contribution is -2.01. The fraction of sp³-hybridized carbons (Fsp3) is 0.167. The summed E-state index contributed by atoms with van der Waals surface area (Å²) in [6.07, 6.45) is 2.45. The minimum absolute atomic E-state index is 0.181. The fourth-order valence-corrected chi connectivity index (χ4v) is 2.78. The zero-order valence-corrected chi connectivity index (χ0v) is 15.5. The van der Waals surface area contributed by atoms with Gasteiger partial charge in [-0.2, -0.15) is 0 Å². The fourth-order valence-electron chi connectivity index (χ4n) is 2.04. The van der Waals surface area contributed by atoms with Crippen LogP contribution in [0.5, 0.6) is 11.5 Å². The SMILES string of the molecule is CCOc1cc(C=CC(=O)O)cc(Cl)c1OCc1ccc(Cl)cc1Cl. The first kappa shape index (κ1) is 19.4. The largest absolute Gasteiger partial charge is 0.490 e. The summed E-state index contributed by atoms with van der Waals surface area (Å²) in [5, 5.41) is 10.1. The predicted molar refractivity (Wildman–Crippen MR) is 100 cm³/mol. The molecule has 0 unspecified atom stereocenters. The van der Waals surface area contributed by atoms with Crippen molar-refractivity contribution in [2.45, 2.75) is 13.5 Å². The number of halogens is 3. The van der Waals surface area contributed by atoms with Gasteiger partial charge in [-0.25, -0.2) is 4.79 Å². The molecule has 0 amide bonds. The Kier molecular flexibility index (Phi) is 7.00. The van der Waals surface area contributed by atoms with Crippen LogP contribution in [0.1, 0.15) is 18.1 Å². The van der Waals surface area contributed by atoms with Crippen LogP contribution in [0.15, 0.2) is 36.4 Å². The Balaban J connectivity index is 2.27. The van der Waals surface area contributed by atoms with Gasteiger partial charge >= 0.3 is 5.97 Å². The summed E-state index contributed by atoms with van der Waals surface area (Å²) in [5.41, 5.74) is 1.34. The van der Waals surface area contributed by atoms with Gasteiger partial charge in [-0.1, -0.05) is 40.9 Å². The summed E-state index contributed by atoms with van der Waals surface area (Å²) in [7, 11) is 0. The van der Waals surface area contributed by atoms with E-state index >= 15 is 0 Å². The summed E-state index contributed by atoms with van der Waals surface area (Å²) in [6.45, 7) is 2.41. The van der Waals surface area contributed by atoms with Crippen molar-refractivity contribution in [3.05, 3.63) is 62.6 Å². The number of carbonyl (C=O) groups is 1. The molecule has 0 aliphatic carbocycles. The van der Waals surface area contributed by atoms with Crippen molar-refractivity contribution < 1.29 is 19.4 Å². The predicted octanol–water partition coefficient (Wildman–Crippen LogP) is 5.72. The summed E-state index contributed by atoms with van der Waals surface area (Å²) in [5.74, 6) is -0.265. The van der Waals surface area contributed by atoms with Crippen LogP contribution in [0.25, 0.3) is 6.08 Å². The molecule has 7 heteroatoms. The zero-order chi connectivity index (χ0) is 18.4. The number of carboxylic acids is 1. The molecule has 25 heavy (non-hydrogen) atoms. The molecule has 1 N–H and O–H groups in total. The van der Waals surface area contributed by atoms with Crippen LogP contribution in [0, 0.1) is 0 Å². The summed E-state index contributed by atoms with van der Waals surface area (Å²) >= 11 is 18.3.